The molecule has 1 unspecified atom stereocenters. The normalized spacial score (nSPS) is 16.9. The molecule has 0 aliphatic carbocycles. The molecule has 1 atom stereocenters. The van der Waals surface area contributed by atoms with Crippen molar-refractivity contribution in [1.82, 2.24) is 24.7 Å². The number of aromatic nitrogens is 5. The van der Waals surface area contributed by atoms with Crippen LogP contribution in [0, 0.1) is 5.92 Å². The lowest BCUT2D eigenvalue weighted by atomic mass is 9.97. The van der Waals surface area contributed by atoms with Crippen molar-refractivity contribution in [2.45, 2.75) is 19.4 Å². The Morgan fingerprint density at radius 3 is 2.74 bits per heavy atom. The minimum atomic E-state index is -0.0719. The smallest absolute Gasteiger partial charge is 0.229 e. The van der Waals surface area contributed by atoms with Crippen LogP contribution in [0.3, 0.4) is 0 Å². The van der Waals surface area contributed by atoms with Crippen LogP contribution in [0.1, 0.15) is 18.4 Å². The number of rotatable bonds is 5. The van der Waals surface area contributed by atoms with Crippen molar-refractivity contribution in [2.24, 2.45) is 5.92 Å². The summed E-state index contributed by atoms with van der Waals surface area (Å²) in [6, 6.07) is 9.62. The maximum atomic E-state index is 12.7. The minimum absolute atomic E-state index is 0.0413. The van der Waals surface area contributed by atoms with Gasteiger partial charge in [-0.3, -0.25) is 4.79 Å². The zero-order valence-corrected chi connectivity index (χ0v) is 14.9. The number of carbonyl (C=O) groups excluding carboxylic acids is 1. The highest BCUT2D eigenvalue weighted by molar-refractivity contribution is 5.93. The van der Waals surface area contributed by atoms with Crippen LogP contribution in [0.4, 0.5) is 11.6 Å². The van der Waals surface area contributed by atoms with Crippen LogP contribution in [-0.4, -0.2) is 43.7 Å². The number of carbonyl (C=O) groups is 1. The number of piperidine rings is 1. The zero-order chi connectivity index (χ0) is 18.5. The maximum absolute atomic E-state index is 12.7. The molecule has 8 heteroatoms. The summed E-state index contributed by atoms with van der Waals surface area (Å²) in [5.41, 5.74) is 1.90. The first kappa shape index (κ1) is 17.1. The summed E-state index contributed by atoms with van der Waals surface area (Å²) < 4.78 is 1.76. The van der Waals surface area contributed by atoms with Gasteiger partial charge in [-0.05, 0) is 36.6 Å². The summed E-state index contributed by atoms with van der Waals surface area (Å²) in [6.07, 6.45) is 8.48. The molecule has 4 rings (SSSR count). The molecule has 0 bridgehead atoms. The fourth-order valence-corrected chi connectivity index (χ4v) is 3.27. The lowest BCUT2D eigenvalue weighted by Crippen LogP contribution is -2.41. The van der Waals surface area contributed by atoms with Crippen molar-refractivity contribution in [3.05, 3.63) is 60.9 Å². The quantitative estimate of drug-likeness (QED) is 0.746. The average Bonchev–Trinajstić information content (AvgIpc) is 3.23. The summed E-state index contributed by atoms with van der Waals surface area (Å²) in [6.45, 7) is 2.17. The average molecular weight is 363 g/mol. The van der Waals surface area contributed by atoms with Crippen LogP contribution in [0.25, 0.3) is 0 Å². The number of hydrogen-bond acceptors (Lipinski definition) is 6. The molecule has 0 saturated carbocycles. The first-order valence-corrected chi connectivity index (χ1v) is 9.02. The van der Waals surface area contributed by atoms with Gasteiger partial charge >= 0.3 is 0 Å². The number of nitrogens with zero attached hydrogens (tertiary/aromatic N) is 6. The molecule has 1 N–H and O–H groups in total. The number of hydrogen-bond donors (Lipinski definition) is 1. The fraction of sp³-hybridized carbons (Fsp3) is 0.316. The summed E-state index contributed by atoms with van der Waals surface area (Å²) in [7, 11) is 0. The van der Waals surface area contributed by atoms with Gasteiger partial charge in [0.25, 0.3) is 0 Å². The van der Waals surface area contributed by atoms with Gasteiger partial charge in [0.15, 0.2) is 0 Å². The fourth-order valence-electron chi connectivity index (χ4n) is 3.27. The molecule has 0 spiro atoms. The minimum Gasteiger partial charge on any atom is -0.340 e. The van der Waals surface area contributed by atoms with E-state index in [4.69, 9.17) is 0 Å². The highest BCUT2D eigenvalue weighted by Crippen LogP contribution is 2.21. The molecule has 1 aromatic carbocycles. The molecular formula is C19H21N7O. The Hall–Kier alpha value is -3.29. The number of nitrogens with one attached hydrogen (secondary N) is 1. The predicted molar refractivity (Wildman–Crippen MR) is 101 cm³/mol. The van der Waals surface area contributed by atoms with Gasteiger partial charge in [-0.25, -0.2) is 19.6 Å². The molecule has 1 amide bonds. The van der Waals surface area contributed by atoms with E-state index >= 15 is 0 Å². The van der Waals surface area contributed by atoms with E-state index in [9.17, 15) is 4.79 Å². The third kappa shape index (κ3) is 4.28. The van der Waals surface area contributed by atoms with E-state index < -0.39 is 0 Å². The molecule has 1 aliphatic heterocycles. The summed E-state index contributed by atoms with van der Waals surface area (Å²) in [5.74, 6) is 0.657. The third-order valence-corrected chi connectivity index (χ3v) is 4.66. The van der Waals surface area contributed by atoms with Gasteiger partial charge in [-0.1, -0.05) is 12.1 Å². The standard InChI is InChI=1S/C19H21N7O/c27-18(16-3-1-10-25(12-16)19-21-8-2-9-22-19)24-17-6-4-15(5-7-17)11-26-14-20-13-23-26/h2,4-9,13-14,16H,1,3,10-12H2,(H,24,27). The molecule has 3 heterocycles. The Morgan fingerprint density at radius 2 is 2.00 bits per heavy atom. The lowest BCUT2D eigenvalue weighted by molar-refractivity contribution is -0.120. The first-order chi connectivity index (χ1) is 13.3. The Balaban J connectivity index is 1.35. The molecule has 138 valence electrons. The van der Waals surface area contributed by atoms with Gasteiger partial charge in [0.1, 0.15) is 12.7 Å². The van der Waals surface area contributed by atoms with Crippen LogP contribution < -0.4 is 10.2 Å². The monoisotopic (exact) mass is 363 g/mol. The van der Waals surface area contributed by atoms with Crippen molar-refractivity contribution in [2.75, 3.05) is 23.3 Å². The maximum Gasteiger partial charge on any atom is 0.229 e. The van der Waals surface area contributed by atoms with E-state index in [1.807, 2.05) is 24.3 Å². The second-order valence-electron chi connectivity index (χ2n) is 6.61. The van der Waals surface area contributed by atoms with Gasteiger partial charge in [0.2, 0.25) is 11.9 Å². The van der Waals surface area contributed by atoms with Crippen molar-refractivity contribution < 1.29 is 4.79 Å². The summed E-state index contributed by atoms with van der Waals surface area (Å²) in [5, 5.41) is 7.13. The van der Waals surface area contributed by atoms with E-state index in [0.29, 0.717) is 19.0 Å². The highest BCUT2D eigenvalue weighted by atomic mass is 16.1. The van der Waals surface area contributed by atoms with Gasteiger partial charge in [0, 0.05) is 31.2 Å². The van der Waals surface area contributed by atoms with Crippen molar-refractivity contribution >= 4 is 17.5 Å². The largest absolute Gasteiger partial charge is 0.340 e. The predicted octanol–water partition coefficient (Wildman–Crippen LogP) is 1.97. The van der Waals surface area contributed by atoms with Gasteiger partial charge in [-0.2, -0.15) is 5.10 Å². The number of benzene rings is 1. The van der Waals surface area contributed by atoms with Gasteiger partial charge in [0.05, 0.1) is 12.5 Å². The summed E-state index contributed by atoms with van der Waals surface area (Å²) >= 11 is 0. The first-order valence-electron chi connectivity index (χ1n) is 9.02. The molecule has 27 heavy (non-hydrogen) atoms. The van der Waals surface area contributed by atoms with Crippen molar-refractivity contribution in [3.8, 4) is 0 Å². The third-order valence-electron chi connectivity index (χ3n) is 4.66. The van der Waals surface area contributed by atoms with Crippen LogP contribution in [0.2, 0.25) is 0 Å². The van der Waals surface area contributed by atoms with Crippen LogP contribution in [0.5, 0.6) is 0 Å². The Labute approximate surface area is 157 Å². The van der Waals surface area contributed by atoms with Crippen LogP contribution in [0.15, 0.2) is 55.4 Å². The molecule has 1 saturated heterocycles. The van der Waals surface area contributed by atoms with E-state index in [2.05, 4.69) is 30.3 Å². The van der Waals surface area contributed by atoms with Crippen molar-refractivity contribution in [3.63, 3.8) is 0 Å². The second kappa shape index (κ2) is 7.94. The van der Waals surface area contributed by atoms with E-state index in [1.54, 1.807) is 29.5 Å². The molecule has 3 aromatic rings. The van der Waals surface area contributed by atoms with E-state index in [-0.39, 0.29) is 11.8 Å². The number of amides is 1. The topological polar surface area (TPSA) is 88.8 Å². The van der Waals surface area contributed by atoms with Gasteiger partial charge < -0.3 is 10.2 Å². The molecule has 8 nitrogen and oxygen atoms in total. The molecule has 1 aliphatic rings. The van der Waals surface area contributed by atoms with Crippen LogP contribution in [-0.2, 0) is 11.3 Å². The Morgan fingerprint density at radius 1 is 1.19 bits per heavy atom. The molecule has 1 fully saturated rings. The Bertz CT molecular complexity index is 865. The molecule has 2 aromatic heterocycles. The SMILES string of the molecule is O=C(Nc1ccc(Cn2cncn2)cc1)C1CCCN(c2ncccn2)C1. The van der Waals surface area contributed by atoms with E-state index in [1.165, 1.54) is 6.33 Å². The van der Waals surface area contributed by atoms with E-state index in [0.717, 1.165) is 30.6 Å². The van der Waals surface area contributed by atoms with Gasteiger partial charge in [-0.15, -0.1) is 0 Å². The van der Waals surface area contributed by atoms with Crippen molar-refractivity contribution in [1.29, 1.82) is 0 Å². The number of anilines is 2. The highest BCUT2D eigenvalue weighted by Gasteiger charge is 2.27. The van der Waals surface area contributed by atoms with Crippen LogP contribution >= 0.6 is 0 Å². The lowest BCUT2D eigenvalue weighted by Gasteiger charge is -2.31. The summed E-state index contributed by atoms with van der Waals surface area (Å²) in [4.78, 5) is 27.3. The molecule has 0 radical (unpaired) electrons. The molecular weight excluding hydrogens is 342 g/mol. The Kier molecular flexibility index (Phi) is 5.04. The zero-order valence-electron chi connectivity index (χ0n) is 14.9. The second-order valence-corrected chi connectivity index (χ2v) is 6.61.